The van der Waals surface area contributed by atoms with Crippen LogP contribution < -0.4 is 0 Å². The molecule has 1 aromatic carbocycles. The molecule has 0 fully saturated rings. The largest absolute Gasteiger partial charge is 0.478 e. The Labute approximate surface area is 84.6 Å². The first-order valence-corrected chi connectivity index (χ1v) is 5.03. The molecule has 0 amide bonds. The van der Waals surface area contributed by atoms with Gasteiger partial charge in [-0.15, -0.1) is 0 Å². The molecule has 1 aliphatic rings. The van der Waals surface area contributed by atoms with Gasteiger partial charge < -0.3 is 4.74 Å². The second-order valence-electron chi connectivity index (χ2n) is 3.86. The molecule has 0 saturated carbocycles. The van der Waals surface area contributed by atoms with Crippen LogP contribution in [0, 0.1) is 5.92 Å². The Morgan fingerprint density at radius 3 is 2.57 bits per heavy atom. The predicted octanol–water partition coefficient (Wildman–Crippen LogP) is 2.81. The number of nitrogens with zero attached hydrogens (tertiary/aromatic N) is 1. The monoisotopic (exact) mass is 189 g/mol. The lowest BCUT2D eigenvalue weighted by Gasteiger charge is -2.03. The van der Waals surface area contributed by atoms with Gasteiger partial charge in [-0.25, -0.2) is 4.99 Å². The van der Waals surface area contributed by atoms with Crippen LogP contribution in [0.1, 0.15) is 25.5 Å². The molecule has 0 unspecified atom stereocenters. The summed E-state index contributed by atoms with van der Waals surface area (Å²) >= 11 is 0. The zero-order valence-corrected chi connectivity index (χ0v) is 8.60. The summed E-state index contributed by atoms with van der Waals surface area (Å²) in [4.78, 5) is 4.55. The predicted molar refractivity (Wildman–Crippen MR) is 57.4 cm³/mol. The van der Waals surface area contributed by atoms with Gasteiger partial charge in [0.1, 0.15) is 12.6 Å². The maximum absolute atomic E-state index is 5.53. The van der Waals surface area contributed by atoms with Crippen LogP contribution in [-0.2, 0) is 4.74 Å². The molecule has 2 heteroatoms. The summed E-state index contributed by atoms with van der Waals surface area (Å²) in [5.74, 6) is 1.28. The molecule has 2 nitrogen and oxygen atoms in total. The SMILES string of the molecule is CC(C)C1=N[C@@H](c2ccccc2)CO1. The van der Waals surface area contributed by atoms with Crippen molar-refractivity contribution in [3.63, 3.8) is 0 Å². The topological polar surface area (TPSA) is 21.6 Å². The molecular weight excluding hydrogens is 174 g/mol. The highest BCUT2D eigenvalue weighted by molar-refractivity contribution is 5.79. The Hall–Kier alpha value is -1.31. The third-order valence-electron chi connectivity index (χ3n) is 2.35. The van der Waals surface area contributed by atoms with E-state index in [9.17, 15) is 0 Å². The minimum absolute atomic E-state index is 0.202. The van der Waals surface area contributed by atoms with Crippen molar-refractivity contribution in [2.45, 2.75) is 19.9 Å². The number of ether oxygens (including phenoxy) is 1. The van der Waals surface area contributed by atoms with E-state index in [1.54, 1.807) is 0 Å². The summed E-state index contributed by atoms with van der Waals surface area (Å²) in [6, 6.07) is 10.5. The highest BCUT2D eigenvalue weighted by atomic mass is 16.5. The maximum Gasteiger partial charge on any atom is 0.186 e. The van der Waals surface area contributed by atoms with Gasteiger partial charge in [-0.1, -0.05) is 44.2 Å². The summed E-state index contributed by atoms with van der Waals surface area (Å²) in [5, 5.41) is 0. The second-order valence-corrected chi connectivity index (χ2v) is 3.86. The van der Waals surface area contributed by atoms with Gasteiger partial charge in [-0.05, 0) is 5.56 Å². The third kappa shape index (κ3) is 1.79. The van der Waals surface area contributed by atoms with Crippen LogP contribution in [0.4, 0.5) is 0 Å². The zero-order valence-electron chi connectivity index (χ0n) is 8.60. The standard InChI is InChI=1S/C12H15NO/c1-9(2)12-13-11(8-14-12)10-6-4-3-5-7-10/h3-7,9,11H,8H2,1-2H3/t11-/m1/s1. The quantitative estimate of drug-likeness (QED) is 0.701. The van der Waals surface area contributed by atoms with Crippen molar-refractivity contribution in [1.29, 1.82) is 0 Å². The number of aliphatic imine (C=N–C) groups is 1. The van der Waals surface area contributed by atoms with Gasteiger partial charge in [0.2, 0.25) is 0 Å². The molecule has 1 heterocycles. The highest BCUT2D eigenvalue weighted by Crippen LogP contribution is 2.24. The van der Waals surface area contributed by atoms with Crippen LogP contribution in [0.15, 0.2) is 35.3 Å². The molecule has 2 rings (SSSR count). The van der Waals surface area contributed by atoms with E-state index >= 15 is 0 Å². The molecule has 1 atom stereocenters. The molecule has 0 aliphatic carbocycles. The molecule has 0 aromatic heterocycles. The summed E-state index contributed by atoms with van der Waals surface area (Å²) in [7, 11) is 0. The van der Waals surface area contributed by atoms with E-state index in [0.29, 0.717) is 12.5 Å². The van der Waals surface area contributed by atoms with E-state index < -0.39 is 0 Å². The van der Waals surface area contributed by atoms with Crippen LogP contribution in [0.3, 0.4) is 0 Å². The van der Waals surface area contributed by atoms with Crippen molar-refractivity contribution in [2.75, 3.05) is 6.61 Å². The molecule has 0 N–H and O–H groups in total. The van der Waals surface area contributed by atoms with Gasteiger partial charge in [0, 0.05) is 5.92 Å². The Bertz CT molecular complexity index is 329. The average Bonchev–Trinajstić information content (AvgIpc) is 2.68. The highest BCUT2D eigenvalue weighted by Gasteiger charge is 2.21. The van der Waals surface area contributed by atoms with E-state index in [1.165, 1.54) is 5.56 Å². The number of hydrogen-bond donors (Lipinski definition) is 0. The second kappa shape index (κ2) is 3.82. The van der Waals surface area contributed by atoms with Crippen molar-refractivity contribution in [1.82, 2.24) is 0 Å². The van der Waals surface area contributed by atoms with Crippen LogP contribution >= 0.6 is 0 Å². The van der Waals surface area contributed by atoms with Gasteiger partial charge in [-0.3, -0.25) is 0 Å². The molecule has 0 spiro atoms. The van der Waals surface area contributed by atoms with Gasteiger partial charge in [0.05, 0.1) is 0 Å². The van der Waals surface area contributed by atoms with E-state index in [-0.39, 0.29) is 6.04 Å². The van der Waals surface area contributed by atoms with Crippen molar-refractivity contribution < 1.29 is 4.74 Å². The Morgan fingerprint density at radius 1 is 1.29 bits per heavy atom. The Balaban J connectivity index is 2.16. The normalized spacial score (nSPS) is 20.8. The fraction of sp³-hybridized carbons (Fsp3) is 0.417. The average molecular weight is 189 g/mol. The minimum Gasteiger partial charge on any atom is -0.478 e. The summed E-state index contributed by atoms with van der Waals surface area (Å²) < 4.78 is 5.53. The van der Waals surface area contributed by atoms with Gasteiger partial charge in [0.15, 0.2) is 5.90 Å². The molecule has 74 valence electrons. The van der Waals surface area contributed by atoms with Crippen LogP contribution in [0.5, 0.6) is 0 Å². The van der Waals surface area contributed by atoms with Crippen molar-refractivity contribution in [3.8, 4) is 0 Å². The lowest BCUT2D eigenvalue weighted by Crippen LogP contribution is -2.06. The number of benzene rings is 1. The maximum atomic E-state index is 5.53. The minimum atomic E-state index is 0.202. The van der Waals surface area contributed by atoms with Crippen molar-refractivity contribution >= 4 is 5.90 Å². The molecule has 1 aliphatic heterocycles. The van der Waals surface area contributed by atoms with Crippen LogP contribution in [0.2, 0.25) is 0 Å². The molecule has 1 aromatic rings. The summed E-state index contributed by atoms with van der Waals surface area (Å²) in [6.07, 6.45) is 0. The van der Waals surface area contributed by atoms with E-state index in [0.717, 1.165) is 5.90 Å². The molecule has 14 heavy (non-hydrogen) atoms. The molecule has 0 bridgehead atoms. The van der Waals surface area contributed by atoms with Gasteiger partial charge >= 0.3 is 0 Å². The smallest absolute Gasteiger partial charge is 0.186 e. The molecular formula is C12H15NO. The van der Waals surface area contributed by atoms with Crippen LogP contribution in [-0.4, -0.2) is 12.5 Å². The van der Waals surface area contributed by atoms with Gasteiger partial charge in [0.25, 0.3) is 0 Å². The summed E-state index contributed by atoms with van der Waals surface area (Å²) in [5.41, 5.74) is 1.24. The fourth-order valence-electron chi connectivity index (χ4n) is 1.55. The Kier molecular flexibility index (Phi) is 2.53. The molecule has 0 saturated heterocycles. The van der Waals surface area contributed by atoms with Crippen molar-refractivity contribution in [3.05, 3.63) is 35.9 Å². The first-order valence-electron chi connectivity index (χ1n) is 5.03. The third-order valence-corrected chi connectivity index (χ3v) is 2.35. The Morgan fingerprint density at radius 2 is 2.00 bits per heavy atom. The number of hydrogen-bond acceptors (Lipinski definition) is 2. The lowest BCUT2D eigenvalue weighted by molar-refractivity contribution is 0.303. The fourth-order valence-corrected chi connectivity index (χ4v) is 1.55. The van der Waals surface area contributed by atoms with Crippen LogP contribution in [0.25, 0.3) is 0 Å². The number of rotatable bonds is 2. The van der Waals surface area contributed by atoms with E-state index in [4.69, 9.17) is 4.74 Å². The summed E-state index contributed by atoms with van der Waals surface area (Å²) in [6.45, 7) is 4.90. The van der Waals surface area contributed by atoms with Gasteiger partial charge in [-0.2, -0.15) is 0 Å². The first-order chi connectivity index (χ1) is 6.77. The first kappa shape index (κ1) is 9.25. The molecule has 0 radical (unpaired) electrons. The zero-order chi connectivity index (χ0) is 9.97. The van der Waals surface area contributed by atoms with E-state index in [2.05, 4.69) is 31.0 Å². The lowest BCUT2D eigenvalue weighted by atomic mass is 10.1. The van der Waals surface area contributed by atoms with Crippen molar-refractivity contribution in [2.24, 2.45) is 10.9 Å². The van der Waals surface area contributed by atoms with E-state index in [1.807, 2.05) is 18.2 Å².